The Morgan fingerprint density at radius 2 is 1.90 bits per heavy atom. The standard InChI is InChI=1S/C17H22FNS/c1-5-8-19-16(17-12(3)9-13(4)20-17)15-10-14(18)7-6-11(15)2/h6-7,9-10,16,19H,5,8H2,1-4H3. The molecule has 1 aromatic carbocycles. The first-order valence-corrected chi connectivity index (χ1v) is 7.91. The lowest BCUT2D eigenvalue weighted by Gasteiger charge is -2.21. The van der Waals surface area contributed by atoms with Gasteiger partial charge >= 0.3 is 0 Å². The number of benzene rings is 1. The van der Waals surface area contributed by atoms with Crippen LogP contribution in [-0.4, -0.2) is 6.54 Å². The summed E-state index contributed by atoms with van der Waals surface area (Å²) in [6.45, 7) is 9.38. The van der Waals surface area contributed by atoms with Crippen LogP contribution < -0.4 is 5.32 Å². The molecule has 1 nitrogen and oxygen atoms in total. The molecule has 0 saturated carbocycles. The average Bonchev–Trinajstić information content (AvgIpc) is 2.73. The molecular weight excluding hydrogens is 269 g/mol. The Hall–Kier alpha value is -1.19. The molecule has 1 atom stereocenters. The molecule has 0 aliphatic carbocycles. The minimum absolute atomic E-state index is 0.0874. The fourth-order valence-corrected chi connectivity index (χ4v) is 3.63. The molecule has 0 fully saturated rings. The lowest BCUT2D eigenvalue weighted by molar-refractivity contribution is 0.587. The van der Waals surface area contributed by atoms with Crippen molar-refractivity contribution in [2.24, 2.45) is 0 Å². The van der Waals surface area contributed by atoms with Crippen molar-refractivity contribution in [2.75, 3.05) is 6.54 Å². The topological polar surface area (TPSA) is 12.0 Å². The van der Waals surface area contributed by atoms with E-state index in [1.54, 1.807) is 17.4 Å². The summed E-state index contributed by atoms with van der Waals surface area (Å²) in [7, 11) is 0. The van der Waals surface area contributed by atoms with Gasteiger partial charge in [0.05, 0.1) is 6.04 Å². The lowest BCUT2D eigenvalue weighted by Crippen LogP contribution is -2.23. The summed E-state index contributed by atoms with van der Waals surface area (Å²) < 4.78 is 13.6. The van der Waals surface area contributed by atoms with Crippen LogP contribution >= 0.6 is 11.3 Å². The number of thiophene rings is 1. The lowest BCUT2D eigenvalue weighted by atomic mass is 9.98. The van der Waals surface area contributed by atoms with Crippen molar-refractivity contribution in [1.29, 1.82) is 0 Å². The van der Waals surface area contributed by atoms with Gasteiger partial charge in [-0.25, -0.2) is 4.39 Å². The summed E-state index contributed by atoms with van der Waals surface area (Å²) in [5.41, 5.74) is 3.46. The number of hydrogen-bond acceptors (Lipinski definition) is 2. The molecule has 0 bridgehead atoms. The maximum Gasteiger partial charge on any atom is 0.123 e. The maximum absolute atomic E-state index is 13.6. The highest BCUT2D eigenvalue weighted by Crippen LogP contribution is 2.33. The van der Waals surface area contributed by atoms with E-state index < -0.39 is 0 Å². The Labute approximate surface area is 124 Å². The molecule has 0 aliphatic rings. The third kappa shape index (κ3) is 3.28. The normalized spacial score (nSPS) is 12.7. The molecule has 1 N–H and O–H groups in total. The molecule has 0 radical (unpaired) electrons. The highest BCUT2D eigenvalue weighted by molar-refractivity contribution is 7.12. The van der Waals surface area contributed by atoms with E-state index in [-0.39, 0.29) is 11.9 Å². The van der Waals surface area contributed by atoms with E-state index in [0.717, 1.165) is 24.1 Å². The highest BCUT2D eigenvalue weighted by atomic mass is 32.1. The smallest absolute Gasteiger partial charge is 0.123 e. The molecule has 0 spiro atoms. The molecule has 0 amide bonds. The highest BCUT2D eigenvalue weighted by Gasteiger charge is 2.20. The van der Waals surface area contributed by atoms with Crippen LogP contribution in [0.3, 0.4) is 0 Å². The van der Waals surface area contributed by atoms with Crippen molar-refractivity contribution in [1.82, 2.24) is 5.32 Å². The molecule has 1 heterocycles. The Bertz CT molecular complexity index is 589. The van der Waals surface area contributed by atoms with Crippen LogP contribution in [0.4, 0.5) is 4.39 Å². The van der Waals surface area contributed by atoms with E-state index in [4.69, 9.17) is 0 Å². The van der Waals surface area contributed by atoms with Crippen molar-refractivity contribution in [3.63, 3.8) is 0 Å². The number of halogens is 1. The monoisotopic (exact) mass is 291 g/mol. The molecule has 20 heavy (non-hydrogen) atoms. The van der Waals surface area contributed by atoms with E-state index in [1.807, 2.05) is 13.0 Å². The number of rotatable bonds is 5. The van der Waals surface area contributed by atoms with Gasteiger partial charge in [0.1, 0.15) is 5.82 Å². The van der Waals surface area contributed by atoms with Gasteiger partial charge in [-0.15, -0.1) is 11.3 Å². The number of aryl methyl sites for hydroxylation is 3. The van der Waals surface area contributed by atoms with Gasteiger partial charge < -0.3 is 5.32 Å². The quantitative estimate of drug-likeness (QED) is 0.826. The second-order valence-electron chi connectivity index (χ2n) is 5.29. The van der Waals surface area contributed by atoms with Gasteiger partial charge in [-0.1, -0.05) is 13.0 Å². The van der Waals surface area contributed by atoms with Crippen LogP contribution in [-0.2, 0) is 0 Å². The average molecular weight is 291 g/mol. The molecule has 108 valence electrons. The first kappa shape index (κ1) is 15.2. The van der Waals surface area contributed by atoms with E-state index in [1.165, 1.54) is 21.4 Å². The maximum atomic E-state index is 13.6. The second kappa shape index (κ2) is 6.51. The fourth-order valence-electron chi connectivity index (χ4n) is 2.50. The van der Waals surface area contributed by atoms with E-state index in [2.05, 4.69) is 32.2 Å². The molecule has 2 rings (SSSR count). The van der Waals surface area contributed by atoms with Crippen molar-refractivity contribution < 1.29 is 4.39 Å². The zero-order chi connectivity index (χ0) is 14.7. The predicted molar refractivity (Wildman–Crippen MR) is 85.1 cm³/mol. The van der Waals surface area contributed by atoms with Crippen molar-refractivity contribution in [2.45, 2.75) is 40.2 Å². The molecular formula is C17H22FNS. The summed E-state index contributed by atoms with van der Waals surface area (Å²) in [6, 6.07) is 7.35. The summed E-state index contributed by atoms with van der Waals surface area (Å²) in [5, 5.41) is 3.57. The Kier molecular flexibility index (Phi) is 4.95. The van der Waals surface area contributed by atoms with Gasteiger partial charge in [0.2, 0.25) is 0 Å². The Morgan fingerprint density at radius 3 is 2.50 bits per heavy atom. The molecule has 0 aliphatic heterocycles. The molecule has 1 unspecified atom stereocenters. The van der Waals surface area contributed by atoms with Crippen LogP contribution in [0.5, 0.6) is 0 Å². The van der Waals surface area contributed by atoms with Gasteiger partial charge in [-0.05, 0) is 68.6 Å². The first-order valence-electron chi connectivity index (χ1n) is 7.09. The second-order valence-corrected chi connectivity index (χ2v) is 6.58. The third-order valence-electron chi connectivity index (χ3n) is 3.49. The van der Waals surface area contributed by atoms with Gasteiger partial charge in [-0.2, -0.15) is 0 Å². The SMILES string of the molecule is CCCNC(c1cc(F)ccc1C)c1sc(C)cc1C. The number of hydrogen-bond donors (Lipinski definition) is 1. The van der Waals surface area contributed by atoms with E-state index in [9.17, 15) is 4.39 Å². The zero-order valence-electron chi connectivity index (χ0n) is 12.6. The molecule has 2 aromatic rings. The van der Waals surface area contributed by atoms with Gasteiger partial charge in [-0.3, -0.25) is 0 Å². The summed E-state index contributed by atoms with van der Waals surface area (Å²) in [6.07, 6.45) is 1.06. The van der Waals surface area contributed by atoms with Gasteiger partial charge in [0.15, 0.2) is 0 Å². The van der Waals surface area contributed by atoms with Crippen molar-refractivity contribution >= 4 is 11.3 Å². The van der Waals surface area contributed by atoms with E-state index in [0.29, 0.717) is 0 Å². The largest absolute Gasteiger partial charge is 0.306 e. The van der Waals surface area contributed by atoms with Gasteiger partial charge in [0.25, 0.3) is 0 Å². The van der Waals surface area contributed by atoms with Gasteiger partial charge in [0, 0.05) is 9.75 Å². The molecule has 1 aromatic heterocycles. The van der Waals surface area contributed by atoms with Crippen LogP contribution in [0.25, 0.3) is 0 Å². The summed E-state index contributed by atoms with van der Waals surface area (Å²) in [4.78, 5) is 2.60. The van der Waals surface area contributed by atoms with Crippen LogP contribution in [0.2, 0.25) is 0 Å². The molecule has 0 saturated heterocycles. The Balaban J connectivity index is 2.46. The Morgan fingerprint density at radius 1 is 1.15 bits per heavy atom. The van der Waals surface area contributed by atoms with Crippen LogP contribution in [0.1, 0.15) is 45.8 Å². The summed E-state index contributed by atoms with van der Waals surface area (Å²) >= 11 is 1.80. The predicted octanol–water partition coefficient (Wildman–Crippen LogP) is 4.90. The van der Waals surface area contributed by atoms with Crippen molar-refractivity contribution in [3.05, 3.63) is 56.5 Å². The van der Waals surface area contributed by atoms with Crippen LogP contribution in [0, 0.1) is 26.6 Å². The molecule has 3 heteroatoms. The number of nitrogens with one attached hydrogen (secondary N) is 1. The first-order chi connectivity index (χ1) is 9.52. The summed E-state index contributed by atoms with van der Waals surface area (Å²) in [5.74, 6) is -0.167. The zero-order valence-corrected chi connectivity index (χ0v) is 13.4. The van der Waals surface area contributed by atoms with Crippen LogP contribution in [0.15, 0.2) is 24.3 Å². The third-order valence-corrected chi connectivity index (χ3v) is 4.71. The minimum Gasteiger partial charge on any atom is -0.306 e. The van der Waals surface area contributed by atoms with E-state index >= 15 is 0 Å². The minimum atomic E-state index is -0.167. The van der Waals surface area contributed by atoms with Crippen molar-refractivity contribution in [3.8, 4) is 0 Å². The fraction of sp³-hybridized carbons (Fsp3) is 0.412.